The molecule has 0 saturated carbocycles. The Labute approximate surface area is 171 Å². The Morgan fingerprint density at radius 2 is 2.00 bits per heavy atom. The van der Waals surface area contributed by atoms with Crippen LogP contribution in [0.1, 0.15) is 41.4 Å². The molecule has 1 unspecified atom stereocenters. The van der Waals surface area contributed by atoms with Crippen LogP contribution in [0, 0.1) is 13.8 Å². The Morgan fingerprint density at radius 3 is 2.64 bits per heavy atom. The summed E-state index contributed by atoms with van der Waals surface area (Å²) in [6.45, 7) is 10.4. The molecule has 4 rings (SSSR count). The molecular formula is C21H31N5OS. The fourth-order valence-corrected chi connectivity index (χ4v) is 5.34. The maximum atomic E-state index is 13.0. The minimum absolute atomic E-state index is 0.279. The van der Waals surface area contributed by atoms with Crippen molar-refractivity contribution in [3.8, 4) is 0 Å². The van der Waals surface area contributed by atoms with Gasteiger partial charge < -0.3 is 4.90 Å². The van der Waals surface area contributed by atoms with E-state index in [1.54, 1.807) is 11.3 Å². The standard InChI is InChI=1S/C21H31N5OS/c1-16-21(17(2)23(3)22-16)19-5-4-7-26(19)14-20(27)25-10-8-24(9-11-25)13-18-6-12-28-15-18/h6,12,15,19H,4-5,7-11,13-14H2,1-3H3. The molecule has 0 N–H and O–H groups in total. The van der Waals surface area contributed by atoms with Gasteiger partial charge in [-0.2, -0.15) is 16.4 Å². The second-order valence-electron chi connectivity index (χ2n) is 8.13. The number of thiophene rings is 1. The van der Waals surface area contributed by atoms with Crippen molar-refractivity contribution in [3.05, 3.63) is 39.3 Å². The first-order valence-corrected chi connectivity index (χ1v) is 11.2. The van der Waals surface area contributed by atoms with Gasteiger partial charge in [-0.1, -0.05) is 0 Å². The lowest BCUT2D eigenvalue weighted by molar-refractivity contribution is -0.134. The first kappa shape index (κ1) is 19.6. The van der Waals surface area contributed by atoms with Gasteiger partial charge in [0.2, 0.25) is 5.91 Å². The van der Waals surface area contributed by atoms with Crippen LogP contribution in [-0.2, 0) is 18.4 Å². The van der Waals surface area contributed by atoms with E-state index in [-0.39, 0.29) is 5.91 Å². The third-order valence-corrected chi connectivity index (χ3v) is 7.04. The molecule has 152 valence electrons. The van der Waals surface area contributed by atoms with Gasteiger partial charge in [0.1, 0.15) is 0 Å². The van der Waals surface area contributed by atoms with Gasteiger partial charge in [0.05, 0.1) is 12.2 Å². The van der Waals surface area contributed by atoms with E-state index in [2.05, 4.69) is 50.5 Å². The molecule has 0 bridgehead atoms. The van der Waals surface area contributed by atoms with Gasteiger partial charge in [0.15, 0.2) is 0 Å². The van der Waals surface area contributed by atoms with E-state index in [1.807, 2.05) is 11.7 Å². The number of aromatic nitrogens is 2. The monoisotopic (exact) mass is 401 g/mol. The second-order valence-corrected chi connectivity index (χ2v) is 8.91. The molecule has 1 amide bonds. The van der Waals surface area contributed by atoms with Crippen molar-refractivity contribution < 1.29 is 4.79 Å². The molecule has 0 aromatic carbocycles. The van der Waals surface area contributed by atoms with Crippen LogP contribution in [0.3, 0.4) is 0 Å². The smallest absolute Gasteiger partial charge is 0.236 e. The third-order valence-electron chi connectivity index (χ3n) is 6.31. The number of hydrogen-bond donors (Lipinski definition) is 0. The number of hydrogen-bond acceptors (Lipinski definition) is 5. The minimum atomic E-state index is 0.279. The van der Waals surface area contributed by atoms with Gasteiger partial charge in [0, 0.05) is 57.1 Å². The molecule has 2 aliphatic rings. The van der Waals surface area contributed by atoms with E-state index < -0.39 is 0 Å². The highest BCUT2D eigenvalue weighted by molar-refractivity contribution is 7.07. The lowest BCUT2D eigenvalue weighted by Gasteiger charge is -2.36. The summed E-state index contributed by atoms with van der Waals surface area (Å²) in [5, 5.41) is 8.94. The fraction of sp³-hybridized carbons (Fsp3) is 0.619. The van der Waals surface area contributed by atoms with Crippen molar-refractivity contribution in [1.82, 2.24) is 24.5 Å². The zero-order chi connectivity index (χ0) is 19.7. The second kappa shape index (κ2) is 8.35. The Hall–Kier alpha value is -1.70. The van der Waals surface area contributed by atoms with E-state index >= 15 is 0 Å². The molecule has 4 heterocycles. The van der Waals surface area contributed by atoms with Crippen molar-refractivity contribution in [2.75, 3.05) is 39.3 Å². The molecule has 0 aliphatic carbocycles. The van der Waals surface area contributed by atoms with E-state index in [0.717, 1.165) is 57.8 Å². The van der Waals surface area contributed by atoms with Gasteiger partial charge >= 0.3 is 0 Å². The van der Waals surface area contributed by atoms with E-state index in [1.165, 1.54) is 16.8 Å². The van der Waals surface area contributed by atoms with Crippen LogP contribution in [0.25, 0.3) is 0 Å². The number of aryl methyl sites for hydroxylation is 2. The average molecular weight is 402 g/mol. The molecule has 2 fully saturated rings. The molecule has 0 radical (unpaired) electrons. The molecule has 1 atom stereocenters. The number of likely N-dealkylation sites (tertiary alicyclic amines) is 1. The number of amides is 1. The molecule has 2 aromatic heterocycles. The Bertz CT molecular complexity index is 807. The average Bonchev–Trinajstić information content (AvgIpc) is 3.39. The predicted molar refractivity (Wildman–Crippen MR) is 112 cm³/mol. The molecule has 7 heteroatoms. The quantitative estimate of drug-likeness (QED) is 0.773. The van der Waals surface area contributed by atoms with E-state index in [0.29, 0.717) is 12.6 Å². The van der Waals surface area contributed by atoms with Gasteiger partial charge in [-0.3, -0.25) is 19.3 Å². The first-order valence-electron chi connectivity index (χ1n) is 10.3. The van der Waals surface area contributed by atoms with Gasteiger partial charge in [-0.15, -0.1) is 0 Å². The Morgan fingerprint density at radius 1 is 1.21 bits per heavy atom. The highest BCUT2D eigenvalue weighted by Gasteiger charge is 2.33. The zero-order valence-electron chi connectivity index (χ0n) is 17.2. The van der Waals surface area contributed by atoms with Gasteiger partial charge in [-0.25, -0.2) is 0 Å². The Balaban J connectivity index is 1.33. The maximum absolute atomic E-state index is 13.0. The topological polar surface area (TPSA) is 44.6 Å². The molecule has 2 aromatic rings. The number of rotatable bonds is 5. The molecular weight excluding hydrogens is 370 g/mol. The van der Waals surface area contributed by atoms with Crippen molar-refractivity contribution >= 4 is 17.2 Å². The van der Waals surface area contributed by atoms with Crippen molar-refractivity contribution in [1.29, 1.82) is 0 Å². The number of carbonyl (C=O) groups is 1. The summed E-state index contributed by atoms with van der Waals surface area (Å²) in [6.07, 6.45) is 2.27. The summed E-state index contributed by atoms with van der Waals surface area (Å²) in [6, 6.07) is 2.52. The van der Waals surface area contributed by atoms with Crippen LogP contribution in [0.5, 0.6) is 0 Å². The van der Waals surface area contributed by atoms with Crippen LogP contribution in [-0.4, -0.2) is 69.7 Å². The SMILES string of the molecule is Cc1nn(C)c(C)c1C1CCCN1CC(=O)N1CCN(Cc2ccsc2)CC1. The highest BCUT2D eigenvalue weighted by atomic mass is 32.1. The largest absolute Gasteiger partial charge is 0.339 e. The minimum Gasteiger partial charge on any atom is -0.339 e. The number of piperazine rings is 1. The first-order chi connectivity index (χ1) is 13.5. The third kappa shape index (κ3) is 4.02. The van der Waals surface area contributed by atoms with Crippen LogP contribution in [0.15, 0.2) is 16.8 Å². The normalized spacial score (nSPS) is 21.5. The molecule has 2 aliphatic heterocycles. The highest BCUT2D eigenvalue weighted by Crippen LogP contribution is 2.35. The number of nitrogens with zero attached hydrogens (tertiary/aromatic N) is 5. The Kier molecular flexibility index (Phi) is 5.85. The summed E-state index contributed by atoms with van der Waals surface area (Å²) in [7, 11) is 2.01. The van der Waals surface area contributed by atoms with Crippen molar-refractivity contribution in [3.63, 3.8) is 0 Å². The predicted octanol–water partition coefficient (Wildman–Crippen LogP) is 2.58. The van der Waals surface area contributed by atoms with Crippen LogP contribution in [0.4, 0.5) is 0 Å². The maximum Gasteiger partial charge on any atom is 0.236 e. The number of carbonyl (C=O) groups excluding carboxylic acids is 1. The van der Waals surface area contributed by atoms with Gasteiger partial charge in [0.25, 0.3) is 0 Å². The summed E-state index contributed by atoms with van der Waals surface area (Å²) < 4.78 is 1.97. The lowest BCUT2D eigenvalue weighted by atomic mass is 10.0. The molecule has 6 nitrogen and oxygen atoms in total. The van der Waals surface area contributed by atoms with Crippen LogP contribution in [0.2, 0.25) is 0 Å². The summed E-state index contributed by atoms with van der Waals surface area (Å²) in [4.78, 5) is 19.9. The van der Waals surface area contributed by atoms with Crippen molar-refractivity contribution in [2.24, 2.45) is 7.05 Å². The summed E-state index contributed by atoms with van der Waals surface area (Å²) >= 11 is 1.75. The molecule has 0 spiro atoms. The van der Waals surface area contributed by atoms with Gasteiger partial charge in [-0.05, 0) is 55.6 Å². The van der Waals surface area contributed by atoms with Crippen LogP contribution < -0.4 is 0 Å². The van der Waals surface area contributed by atoms with E-state index in [4.69, 9.17) is 0 Å². The van der Waals surface area contributed by atoms with E-state index in [9.17, 15) is 4.79 Å². The summed E-state index contributed by atoms with van der Waals surface area (Å²) in [5.41, 5.74) is 5.04. The molecule has 28 heavy (non-hydrogen) atoms. The van der Waals surface area contributed by atoms with Crippen molar-refractivity contribution in [2.45, 2.75) is 39.3 Å². The summed E-state index contributed by atoms with van der Waals surface area (Å²) in [5.74, 6) is 0.279. The lowest BCUT2D eigenvalue weighted by Crippen LogP contribution is -2.50. The fourth-order valence-electron chi connectivity index (χ4n) is 4.68. The zero-order valence-corrected chi connectivity index (χ0v) is 18.0. The molecule has 2 saturated heterocycles. The van der Waals surface area contributed by atoms with Crippen LogP contribution >= 0.6 is 11.3 Å².